The molecular weight excluding hydrogens is 301 g/mol. The van der Waals surface area contributed by atoms with Crippen molar-refractivity contribution in [3.8, 4) is 0 Å². The van der Waals surface area contributed by atoms with Crippen LogP contribution in [0.5, 0.6) is 0 Å². The molecular formula is C16H14FN3O3. The van der Waals surface area contributed by atoms with Crippen LogP contribution >= 0.6 is 0 Å². The van der Waals surface area contributed by atoms with Crippen LogP contribution in [0.15, 0.2) is 57.7 Å². The van der Waals surface area contributed by atoms with Crippen LogP contribution in [0.4, 0.5) is 14.9 Å². The zero-order chi connectivity index (χ0) is 16.2. The number of oxazole rings is 1. The van der Waals surface area contributed by atoms with Crippen LogP contribution in [0.3, 0.4) is 0 Å². The van der Waals surface area contributed by atoms with Gasteiger partial charge in [-0.05, 0) is 36.4 Å². The number of carbonyl (C=O) groups is 1. The van der Waals surface area contributed by atoms with E-state index in [-0.39, 0.29) is 18.9 Å². The summed E-state index contributed by atoms with van der Waals surface area (Å²) in [5, 5.41) is 5.20. The van der Waals surface area contributed by atoms with E-state index in [2.05, 4.69) is 10.6 Å². The van der Waals surface area contributed by atoms with Gasteiger partial charge in [0.25, 0.3) is 0 Å². The number of aromatic nitrogens is 1. The number of anilines is 1. The molecule has 0 atom stereocenters. The number of halogens is 1. The summed E-state index contributed by atoms with van der Waals surface area (Å²) in [5.41, 5.74) is 1.67. The van der Waals surface area contributed by atoms with Gasteiger partial charge in [-0.15, -0.1) is 0 Å². The number of rotatable bonds is 4. The number of urea groups is 1. The molecule has 0 aliphatic rings. The number of nitrogens with zero attached hydrogens (tertiary/aromatic N) is 1. The Hall–Kier alpha value is -3.09. The maximum atomic E-state index is 12.8. The van der Waals surface area contributed by atoms with Crippen LogP contribution in [0.1, 0.15) is 0 Å². The van der Waals surface area contributed by atoms with E-state index in [1.807, 2.05) is 6.07 Å². The molecule has 2 N–H and O–H groups in total. The van der Waals surface area contributed by atoms with Crippen molar-refractivity contribution in [1.29, 1.82) is 0 Å². The summed E-state index contributed by atoms with van der Waals surface area (Å²) >= 11 is 0. The maximum Gasteiger partial charge on any atom is 0.420 e. The molecule has 1 heterocycles. The number of nitrogens with one attached hydrogen (secondary N) is 2. The predicted molar refractivity (Wildman–Crippen MR) is 83.9 cm³/mol. The maximum absolute atomic E-state index is 12.8. The van der Waals surface area contributed by atoms with Crippen molar-refractivity contribution in [2.75, 3.05) is 11.9 Å². The molecule has 0 aliphatic heterocycles. The van der Waals surface area contributed by atoms with Gasteiger partial charge in [0.05, 0.1) is 5.52 Å². The topological polar surface area (TPSA) is 76.3 Å². The molecule has 0 unspecified atom stereocenters. The molecule has 0 radical (unpaired) electrons. The molecule has 118 valence electrons. The Balaban J connectivity index is 1.58. The van der Waals surface area contributed by atoms with E-state index in [0.717, 1.165) is 0 Å². The predicted octanol–water partition coefficient (Wildman–Crippen LogP) is 2.56. The lowest BCUT2D eigenvalue weighted by atomic mass is 10.3. The highest BCUT2D eigenvalue weighted by Gasteiger charge is 2.08. The van der Waals surface area contributed by atoms with Crippen LogP contribution in [-0.4, -0.2) is 17.1 Å². The van der Waals surface area contributed by atoms with Gasteiger partial charge in [0.15, 0.2) is 5.58 Å². The number of hydrogen-bond acceptors (Lipinski definition) is 3. The molecule has 23 heavy (non-hydrogen) atoms. The first-order valence-electron chi connectivity index (χ1n) is 7.02. The molecule has 3 rings (SSSR count). The summed E-state index contributed by atoms with van der Waals surface area (Å²) in [6, 6.07) is 12.1. The van der Waals surface area contributed by atoms with Gasteiger partial charge in [0.2, 0.25) is 0 Å². The third-order valence-electron chi connectivity index (χ3n) is 3.30. The lowest BCUT2D eigenvalue weighted by Gasteiger charge is -2.08. The lowest BCUT2D eigenvalue weighted by molar-refractivity contribution is 0.251. The summed E-state index contributed by atoms with van der Waals surface area (Å²) in [4.78, 5) is 23.5. The Labute approximate surface area is 130 Å². The van der Waals surface area contributed by atoms with Gasteiger partial charge in [-0.1, -0.05) is 12.1 Å². The van der Waals surface area contributed by atoms with Crippen molar-refractivity contribution >= 4 is 22.8 Å². The summed E-state index contributed by atoms with van der Waals surface area (Å²) in [7, 11) is 0. The Morgan fingerprint density at radius 3 is 2.65 bits per heavy atom. The van der Waals surface area contributed by atoms with Crippen molar-refractivity contribution in [1.82, 2.24) is 9.88 Å². The van der Waals surface area contributed by atoms with Gasteiger partial charge in [-0.25, -0.2) is 14.0 Å². The molecule has 0 aliphatic carbocycles. The fourth-order valence-electron chi connectivity index (χ4n) is 2.22. The molecule has 2 aromatic carbocycles. The fourth-order valence-corrected chi connectivity index (χ4v) is 2.22. The summed E-state index contributed by atoms with van der Waals surface area (Å²) in [6.07, 6.45) is 0. The molecule has 0 spiro atoms. The number of fused-ring (bicyclic) bond motifs is 1. The summed E-state index contributed by atoms with van der Waals surface area (Å²) < 4.78 is 19.3. The molecule has 1 aromatic heterocycles. The minimum atomic E-state index is -0.466. The Morgan fingerprint density at radius 2 is 1.87 bits per heavy atom. The molecule has 0 saturated carbocycles. The second kappa shape index (κ2) is 6.35. The first-order chi connectivity index (χ1) is 11.1. The first-order valence-corrected chi connectivity index (χ1v) is 7.02. The number of hydrogen-bond donors (Lipinski definition) is 2. The zero-order valence-electron chi connectivity index (χ0n) is 12.1. The average molecular weight is 315 g/mol. The monoisotopic (exact) mass is 315 g/mol. The third kappa shape index (κ3) is 3.39. The molecule has 2 amide bonds. The van der Waals surface area contributed by atoms with Crippen LogP contribution < -0.4 is 16.4 Å². The van der Waals surface area contributed by atoms with E-state index in [4.69, 9.17) is 4.42 Å². The highest BCUT2D eigenvalue weighted by atomic mass is 19.1. The van der Waals surface area contributed by atoms with Gasteiger partial charge in [-0.2, -0.15) is 0 Å². The average Bonchev–Trinajstić information content (AvgIpc) is 2.86. The van der Waals surface area contributed by atoms with Crippen LogP contribution in [0.25, 0.3) is 11.1 Å². The lowest BCUT2D eigenvalue weighted by Crippen LogP contribution is -2.32. The molecule has 0 saturated heterocycles. The number of para-hydroxylation sites is 2. The minimum absolute atomic E-state index is 0.246. The van der Waals surface area contributed by atoms with Crippen molar-refractivity contribution in [2.24, 2.45) is 0 Å². The van der Waals surface area contributed by atoms with E-state index in [9.17, 15) is 14.0 Å². The van der Waals surface area contributed by atoms with Crippen molar-refractivity contribution in [2.45, 2.75) is 6.54 Å². The largest absolute Gasteiger partial charge is 0.420 e. The van der Waals surface area contributed by atoms with E-state index in [1.165, 1.54) is 28.8 Å². The Kier molecular flexibility index (Phi) is 4.09. The quantitative estimate of drug-likeness (QED) is 0.777. The van der Waals surface area contributed by atoms with Crippen LogP contribution in [-0.2, 0) is 6.54 Å². The highest BCUT2D eigenvalue weighted by molar-refractivity contribution is 5.89. The van der Waals surface area contributed by atoms with Gasteiger partial charge >= 0.3 is 11.8 Å². The summed E-state index contributed by atoms with van der Waals surface area (Å²) in [6.45, 7) is 0.531. The van der Waals surface area contributed by atoms with E-state index >= 15 is 0 Å². The molecule has 6 nitrogen and oxygen atoms in total. The van der Waals surface area contributed by atoms with Gasteiger partial charge in [0, 0.05) is 18.8 Å². The molecule has 0 fully saturated rings. The van der Waals surface area contributed by atoms with Crippen molar-refractivity contribution in [3.63, 3.8) is 0 Å². The van der Waals surface area contributed by atoms with Gasteiger partial charge in [0.1, 0.15) is 5.82 Å². The number of carbonyl (C=O) groups excluding carboxylic acids is 1. The third-order valence-corrected chi connectivity index (χ3v) is 3.30. The molecule has 3 aromatic rings. The van der Waals surface area contributed by atoms with Crippen molar-refractivity contribution in [3.05, 3.63) is 64.9 Å². The van der Waals surface area contributed by atoms with E-state index in [0.29, 0.717) is 16.8 Å². The second-order valence-corrected chi connectivity index (χ2v) is 4.88. The van der Waals surface area contributed by atoms with E-state index in [1.54, 1.807) is 18.2 Å². The SMILES string of the molecule is O=C(NCCn1c(=O)oc2ccccc21)Nc1ccc(F)cc1. The zero-order valence-corrected chi connectivity index (χ0v) is 12.1. The minimum Gasteiger partial charge on any atom is -0.408 e. The fraction of sp³-hybridized carbons (Fsp3) is 0.125. The number of amides is 2. The highest BCUT2D eigenvalue weighted by Crippen LogP contribution is 2.11. The molecule has 7 heteroatoms. The smallest absolute Gasteiger partial charge is 0.408 e. The first kappa shape index (κ1) is 14.8. The second-order valence-electron chi connectivity index (χ2n) is 4.88. The van der Waals surface area contributed by atoms with Crippen LogP contribution in [0.2, 0.25) is 0 Å². The van der Waals surface area contributed by atoms with Gasteiger partial charge in [-0.3, -0.25) is 4.57 Å². The van der Waals surface area contributed by atoms with Crippen LogP contribution in [0, 0.1) is 5.82 Å². The van der Waals surface area contributed by atoms with Crippen molar-refractivity contribution < 1.29 is 13.6 Å². The molecule has 0 bridgehead atoms. The Morgan fingerprint density at radius 1 is 1.13 bits per heavy atom. The van der Waals surface area contributed by atoms with Gasteiger partial charge < -0.3 is 15.1 Å². The standard InChI is InChI=1S/C16H14FN3O3/c17-11-5-7-12(8-6-11)19-15(21)18-9-10-20-13-3-1-2-4-14(13)23-16(20)22/h1-8H,9-10H2,(H2,18,19,21). The summed E-state index contributed by atoms with van der Waals surface area (Å²) in [5.74, 6) is -0.839. The van der Waals surface area contributed by atoms with E-state index < -0.39 is 11.8 Å². The Bertz CT molecular complexity index is 883. The normalized spacial score (nSPS) is 10.7. The number of benzene rings is 2.